The Hall–Kier alpha value is -2.11. The monoisotopic (exact) mass is 330 g/mol. The van der Waals surface area contributed by atoms with E-state index in [9.17, 15) is 4.79 Å². The lowest BCUT2D eigenvalue weighted by Gasteiger charge is -2.34. The van der Waals surface area contributed by atoms with Crippen LogP contribution >= 0.6 is 0 Å². The van der Waals surface area contributed by atoms with E-state index >= 15 is 0 Å². The van der Waals surface area contributed by atoms with Gasteiger partial charge in [0, 0.05) is 37.8 Å². The fourth-order valence-electron chi connectivity index (χ4n) is 3.52. The average molecular weight is 330 g/mol. The normalized spacial score (nSPS) is 18.4. The summed E-state index contributed by atoms with van der Waals surface area (Å²) in [6, 6.07) is 0.294. The Morgan fingerprint density at radius 3 is 2.96 bits per heavy atom. The van der Waals surface area contributed by atoms with Crippen molar-refractivity contribution in [2.45, 2.75) is 58.9 Å². The summed E-state index contributed by atoms with van der Waals surface area (Å²) in [6.07, 6.45) is 6.86. The molecule has 1 atom stereocenters. The van der Waals surface area contributed by atoms with Gasteiger partial charge in [-0.05, 0) is 19.8 Å². The molecule has 0 bridgehead atoms. The second-order valence-corrected chi connectivity index (χ2v) is 6.81. The van der Waals surface area contributed by atoms with Gasteiger partial charge < -0.3 is 14.0 Å². The van der Waals surface area contributed by atoms with Gasteiger partial charge in [-0.2, -0.15) is 0 Å². The van der Waals surface area contributed by atoms with Crippen molar-refractivity contribution < 1.29 is 9.32 Å². The summed E-state index contributed by atoms with van der Waals surface area (Å²) in [5.74, 6) is 1.96. The number of rotatable bonds is 4. The molecule has 1 saturated heterocycles. The Bertz CT molecular complexity index is 716. The predicted octanol–water partition coefficient (Wildman–Crippen LogP) is 3.34. The second kappa shape index (κ2) is 6.79. The van der Waals surface area contributed by atoms with E-state index in [2.05, 4.69) is 21.6 Å². The summed E-state index contributed by atoms with van der Waals surface area (Å²) < 4.78 is 7.62. The van der Waals surface area contributed by atoms with E-state index in [0.29, 0.717) is 29.6 Å². The first kappa shape index (κ1) is 16.7. The molecule has 1 amide bonds. The van der Waals surface area contributed by atoms with Crippen molar-refractivity contribution in [3.63, 3.8) is 0 Å². The van der Waals surface area contributed by atoms with Crippen LogP contribution in [0.1, 0.15) is 73.2 Å². The maximum atomic E-state index is 13.1. The molecule has 130 valence electrons. The molecule has 0 aromatic carbocycles. The summed E-state index contributed by atoms with van der Waals surface area (Å²) in [7, 11) is 0. The maximum absolute atomic E-state index is 13.1. The first-order valence-corrected chi connectivity index (χ1v) is 8.80. The number of amides is 1. The van der Waals surface area contributed by atoms with Crippen molar-refractivity contribution in [2.75, 3.05) is 13.1 Å². The van der Waals surface area contributed by atoms with Crippen LogP contribution in [0.4, 0.5) is 0 Å². The summed E-state index contributed by atoms with van der Waals surface area (Å²) in [4.78, 5) is 19.4. The number of nitrogens with zero attached hydrogens (tertiary/aromatic N) is 4. The largest absolute Gasteiger partial charge is 0.360 e. The molecular formula is C18H26N4O2. The van der Waals surface area contributed by atoms with Crippen molar-refractivity contribution in [1.82, 2.24) is 19.6 Å². The highest BCUT2D eigenvalue weighted by molar-refractivity contribution is 5.96. The molecule has 0 radical (unpaired) electrons. The average Bonchev–Trinajstić information content (AvgIpc) is 3.20. The molecule has 24 heavy (non-hydrogen) atoms. The number of carbonyl (C=O) groups excluding carboxylic acids is 1. The van der Waals surface area contributed by atoms with E-state index in [1.807, 2.05) is 38.1 Å². The second-order valence-electron chi connectivity index (χ2n) is 6.81. The first-order chi connectivity index (χ1) is 11.5. The Kier molecular flexibility index (Phi) is 4.73. The van der Waals surface area contributed by atoms with Gasteiger partial charge in [0.2, 0.25) is 0 Å². The Labute approximate surface area is 142 Å². The zero-order chi connectivity index (χ0) is 17.3. The van der Waals surface area contributed by atoms with E-state index in [1.165, 1.54) is 0 Å². The van der Waals surface area contributed by atoms with E-state index < -0.39 is 0 Å². The molecule has 1 aliphatic heterocycles. The molecule has 6 nitrogen and oxygen atoms in total. The molecular weight excluding hydrogens is 304 g/mol. The lowest BCUT2D eigenvalue weighted by molar-refractivity contribution is 0.0674. The van der Waals surface area contributed by atoms with Crippen LogP contribution in [0.5, 0.6) is 0 Å². The molecule has 0 aliphatic carbocycles. The maximum Gasteiger partial charge on any atom is 0.259 e. The van der Waals surface area contributed by atoms with E-state index in [-0.39, 0.29) is 11.8 Å². The van der Waals surface area contributed by atoms with Crippen molar-refractivity contribution >= 4 is 5.91 Å². The minimum absolute atomic E-state index is 0.0420. The third-order valence-electron chi connectivity index (χ3n) is 4.77. The number of carbonyl (C=O) groups is 1. The van der Waals surface area contributed by atoms with E-state index in [4.69, 9.17) is 4.52 Å². The third kappa shape index (κ3) is 2.97. The highest BCUT2D eigenvalue weighted by Crippen LogP contribution is 2.28. The third-order valence-corrected chi connectivity index (χ3v) is 4.77. The lowest BCUT2D eigenvalue weighted by atomic mass is 10.0. The van der Waals surface area contributed by atoms with Gasteiger partial charge in [-0.25, -0.2) is 4.98 Å². The summed E-state index contributed by atoms with van der Waals surface area (Å²) in [5.41, 5.74) is 1.33. The summed E-state index contributed by atoms with van der Waals surface area (Å²) in [5, 5.41) is 4.01. The quantitative estimate of drug-likeness (QED) is 0.862. The summed E-state index contributed by atoms with van der Waals surface area (Å²) >= 11 is 0. The van der Waals surface area contributed by atoms with E-state index in [0.717, 1.165) is 31.6 Å². The number of likely N-dealkylation sites (tertiary alicyclic amines) is 1. The zero-order valence-electron chi connectivity index (χ0n) is 15.0. The Morgan fingerprint density at radius 1 is 1.46 bits per heavy atom. The number of aryl methyl sites for hydroxylation is 2. The van der Waals surface area contributed by atoms with Gasteiger partial charge in [-0.15, -0.1) is 0 Å². The molecule has 2 aromatic rings. The van der Waals surface area contributed by atoms with Crippen LogP contribution in [-0.4, -0.2) is 38.6 Å². The van der Waals surface area contributed by atoms with Crippen LogP contribution < -0.4 is 0 Å². The van der Waals surface area contributed by atoms with Gasteiger partial charge in [0.15, 0.2) is 5.76 Å². The number of imidazole rings is 1. The SMILES string of the molecule is CCc1nccn1[C@H]1CCCN(C(=O)c2c(C)noc2C(C)C)C1. The molecule has 3 rings (SSSR count). The van der Waals surface area contributed by atoms with Crippen LogP contribution in [0.2, 0.25) is 0 Å². The molecule has 1 fully saturated rings. The molecule has 6 heteroatoms. The first-order valence-electron chi connectivity index (χ1n) is 8.80. The molecule has 0 saturated carbocycles. The fraction of sp³-hybridized carbons (Fsp3) is 0.611. The lowest BCUT2D eigenvalue weighted by Crippen LogP contribution is -2.41. The van der Waals surface area contributed by atoms with Crippen LogP contribution in [0.25, 0.3) is 0 Å². The van der Waals surface area contributed by atoms with Gasteiger partial charge in [0.1, 0.15) is 11.4 Å². The van der Waals surface area contributed by atoms with Crippen molar-refractivity contribution in [2.24, 2.45) is 0 Å². The van der Waals surface area contributed by atoms with Gasteiger partial charge in [0.25, 0.3) is 5.91 Å². The molecule has 1 aliphatic rings. The number of hydrogen-bond donors (Lipinski definition) is 0. The number of hydrogen-bond acceptors (Lipinski definition) is 4. The zero-order valence-corrected chi connectivity index (χ0v) is 15.0. The molecule has 0 unspecified atom stereocenters. The van der Waals surface area contributed by atoms with Crippen molar-refractivity contribution in [3.8, 4) is 0 Å². The number of aromatic nitrogens is 3. The molecule has 2 aromatic heterocycles. The predicted molar refractivity (Wildman–Crippen MR) is 91.1 cm³/mol. The van der Waals surface area contributed by atoms with Crippen LogP contribution in [0, 0.1) is 6.92 Å². The minimum Gasteiger partial charge on any atom is -0.360 e. The highest BCUT2D eigenvalue weighted by atomic mass is 16.5. The van der Waals surface area contributed by atoms with E-state index in [1.54, 1.807) is 0 Å². The Morgan fingerprint density at radius 2 is 2.25 bits per heavy atom. The van der Waals surface area contributed by atoms with Crippen molar-refractivity contribution in [3.05, 3.63) is 35.2 Å². The standard InChI is InChI=1S/C18H26N4O2/c1-5-15-19-8-10-22(15)14-7-6-9-21(11-14)18(23)16-13(4)20-24-17(16)12(2)3/h8,10,12,14H,5-7,9,11H2,1-4H3/t14-/m0/s1. The summed E-state index contributed by atoms with van der Waals surface area (Å²) in [6.45, 7) is 9.50. The molecule has 0 spiro atoms. The smallest absolute Gasteiger partial charge is 0.259 e. The van der Waals surface area contributed by atoms with Gasteiger partial charge >= 0.3 is 0 Å². The molecule has 3 heterocycles. The number of piperidine rings is 1. The van der Waals surface area contributed by atoms with Crippen LogP contribution in [-0.2, 0) is 6.42 Å². The van der Waals surface area contributed by atoms with Crippen LogP contribution in [0.15, 0.2) is 16.9 Å². The van der Waals surface area contributed by atoms with Gasteiger partial charge in [-0.3, -0.25) is 4.79 Å². The molecule has 0 N–H and O–H groups in total. The minimum atomic E-state index is 0.0420. The van der Waals surface area contributed by atoms with Gasteiger partial charge in [0.05, 0.1) is 11.7 Å². The van der Waals surface area contributed by atoms with Crippen molar-refractivity contribution in [1.29, 1.82) is 0 Å². The Balaban J connectivity index is 1.83. The van der Waals surface area contributed by atoms with Gasteiger partial charge in [-0.1, -0.05) is 25.9 Å². The van der Waals surface area contributed by atoms with Crippen LogP contribution in [0.3, 0.4) is 0 Å². The topological polar surface area (TPSA) is 64.2 Å². The highest BCUT2D eigenvalue weighted by Gasteiger charge is 2.31. The fourth-order valence-corrected chi connectivity index (χ4v) is 3.52.